The van der Waals surface area contributed by atoms with Crippen molar-refractivity contribution >= 4 is 31.5 Å². The zero-order valence-corrected chi connectivity index (χ0v) is 12.1. The Morgan fingerprint density at radius 3 is 2.55 bits per heavy atom. The van der Waals surface area contributed by atoms with E-state index in [1.807, 2.05) is 0 Å². The van der Waals surface area contributed by atoms with Crippen molar-refractivity contribution in [3.05, 3.63) is 65.0 Å². The number of fused-ring (bicyclic) bond motifs is 2. The molecule has 1 N–H and O–H groups in total. The highest BCUT2D eigenvalue weighted by molar-refractivity contribution is 7.24. The normalized spacial score (nSPS) is 11.1. The molecule has 0 bridgehead atoms. The highest BCUT2D eigenvalue weighted by Crippen LogP contribution is 2.31. The van der Waals surface area contributed by atoms with Gasteiger partial charge < -0.3 is 14.3 Å². The maximum absolute atomic E-state index is 12.5. The number of phenolic OH excluding ortho intramolecular Hbond substituents is 1. The number of hydrogen-bond donors (Lipinski definition) is 1. The van der Waals surface area contributed by atoms with Crippen LogP contribution in [0.3, 0.4) is 0 Å². The maximum atomic E-state index is 12.5. The minimum Gasteiger partial charge on any atom is -0.508 e. The summed E-state index contributed by atoms with van der Waals surface area (Å²) < 4.78 is 12.3. The van der Waals surface area contributed by atoms with Gasteiger partial charge in [0, 0.05) is 26.2 Å². The van der Waals surface area contributed by atoms with Crippen LogP contribution in [0.1, 0.15) is 0 Å². The van der Waals surface area contributed by atoms with Crippen molar-refractivity contribution in [3.63, 3.8) is 0 Å². The van der Waals surface area contributed by atoms with Gasteiger partial charge in [-0.2, -0.15) is 0 Å². The fourth-order valence-corrected chi connectivity index (χ4v) is 3.46. The van der Waals surface area contributed by atoms with Crippen LogP contribution in [0.4, 0.5) is 0 Å². The predicted octanol–water partition coefficient (Wildman–Crippen LogP) is 4.51. The molecule has 2 heterocycles. The van der Waals surface area contributed by atoms with Crippen LogP contribution in [0.25, 0.3) is 20.2 Å². The van der Waals surface area contributed by atoms with E-state index in [1.54, 1.807) is 42.5 Å². The van der Waals surface area contributed by atoms with Crippen molar-refractivity contribution in [2.24, 2.45) is 0 Å². The van der Waals surface area contributed by atoms with Gasteiger partial charge in [-0.1, -0.05) is 0 Å². The van der Waals surface area contributed by atoms with Crippen LogP contribution in [0.15, 0.2) is 64.0 Å². The first-order valence-electron chi connectivity index (χ1n) is 6.62. The summed E-state index contributed by atoms with van der Waals surface area (Å²) in [5, 5.41) is 10.8. The third-order valence-electron chi connectivity index (χ3n) is 3.34. The highest BCUT2D eigenvalue weighted by Gasteiger charge is 2.08. The fraction of sp³-hybridized carbons (Fsp3) is 0. The molecule has 4 rings (SSSR count). The standard InChI is InChI=1S/C17H10O4S/c18-10-3-5-12-14(8-10)22-15-9-11(4-6-13(15)17(12)19)21-16-2-1-7-20-16/h1-9,18H. The predicted molar refractivity (Wildman–Crippen MR) is 86.0 cm³/mol. The van der Waals surface area contributed by atoms with E-state index in [-0.39, 0.29) is 11.2 Å². The van der Waals surface area contributed by atoms with Crippen molar-refractivity contribution in [1.29, 1.82) is 0 Å². The summed E-state index contributed by atoms with van der Waals surface area (Å²) in [6.07, 6.45) is 1.53. The molecule has 0 radical (unpaired) electrons. The largest absolute Gasteiger partial charge is 0.508 e. The molecule has 4 aromatic rings. The van der Waals surface area contributed by atoms with Crippen molar-refractivity contribution in [3.8, 4) is 17.4 Å². The van der Waals surface area contributed by atoms with Crippen molar-refractivity contribution in [2.75, 3.05) is 0 Å². The van der Waals surface area contributed by atoms with Gasteiger partial charge in [0.2, 0.25) is 0 Å². The van der Waals surface area contributed by atoms with E-state index in [0.717, 1.165) is 9.40 Å². The van der Waals surface area contributed by atoms with E-state index < -0.39 is 0 Å². The fourth-order valence-electron chi connectivity index (χ4n) is 2.32. The van der Waals surface area contributed by atoms with Gasteiger partial charge in [-0.25, -0.2) is 0 Å². The van der Waals surface area contributed by atoms with Crippen LogP contribution in [0.2, 0.25) is 0 Å². The van der Waals surface area contributed by atoms with E-state index in [0.29, 0.717) is 22.5 Å². The molecule has 0 spiro atoms. The van der Waals surface area contributed by atoms with E-state index in [4.69, 9.17) is 9.15 Å². The molecule has 108 valence electrons. The summed E-state index contributed by atoms with van der Waals surface area (Å²) in [4.78, 5) is 12.5. The molecule has 5 heteroatoms. The minimum atomic E-state index is -0.0479. The van der Waals surface area contributed by atoms with Crippen molar-refractivity contribution < 1.29 is 14.3 Å². The van der Waals surface area contributed by atoms with E-state index in [9.17, 15) is 9.90 Å². The first-order valence-corrected chi connectivity index (χ1v) is 7.43. The van der Waals surface area contributed by atoms with Crippen molar-refractivity contribution in [1.82, 2.24) is 0 Å². The third kappa shape index (κ3) is 2.12. The lowest BCUT2D eigenvalue weighted by atomic mass is 10.2. The molecule has 0 saturated carbocycles. The SMILES string of the molecule is O=c1c2ccc(O)cc2sc2cc(Oc3ccco3)ccc12. The topological polar surface area (TPSA) is 59.7 Å². The second-order valence-electron chi connectivity index (χ2n) is 4.80. The number of benzene rings is 2. The number of phenols is 1. The third-order valence-corrected chi connectivity index (χ3v) is 4.46. The first kappa shape index (κ1) is 12.9. The summed E-state index contributed by atoms with van der Waals surface area (Å²) >= 11 is 1.44. The molecule has 0 aliphatic rings. The lowest BCUT2D eigenvalue weighted by molar-refractivity contribution is 0.347. The molecule has 2 aromatic heterocycles. The van der Waals surface area contributed by atoms with E-state index >= 15 is 0 Å². The van der Waals surface area contributed by atoms with Gasteiger partial charge >= 0.3 is 0 Å². The zero-order valence-electron chi connectivity index (χ0n) is 11.3. The Morgan fingerprint density at radius 1 is 1.00 bits per heavy atom. The summed E-state index contributed by atoms with van der Waals surface area (Å²) in [6.45, 7) is 0. The maximum Gasteiger partial charge on any atom is 0.289 e. The summed E-state index contributed by atoms with van der Waals surface area (Å²) in [6, 6.07) is 13.5. The van der Waals surface area contributed by atoms with Gasteiger partial charge in [0.25, 0.3) is 5.95 Å². The Bertz CT molecular complexity index is 1030. The van der Waals surface area contributed by atoms with Gasteiger partial charge in [0.1, 0.15) is 11.5 Å². The molecule has 0 aliphatic heterocycles. The van der Waals surface area contributed by atoms with Gasteiger partial charge in [0.15, 0.2) is 5.43 Å². The van der Waals surface area contributed by atoms with Crippen LogP contribution in [-0.2, 0) is 0 Å². The van der Waals surface area contributed by atoms with Gasteiger partial charge in [-0.05, 0) is 42.5 Å². The lowest BCUT2D eigenvalue weighted by Gasteiger charge is -2.05. The van der Waals surface area contributed by atoms with Crippen LogP contribution < -0.4 is 10.2 Å². The average Bonchev–Trinajstić information content (AvgIpc) is 3.00. The molecule has 0 atom stereocenters. The quantitative estimate of drug-likeness (QED) is 0.554. The molecule has 4 nitrogen and oxygen atoms in total. The minimum absolute atomic E-state index is 0.0479. The summed E-state index contributed by atoms with van der Waals surface area (Å²) in [7, 11) is 0. The van der Waals surface area contributed by atoms with Crippen LogP contribution in [-0.4, -0.2) is 5.11 Å². The molecule has 22 heavy (non-hydrogen) atoms. The van der Waals surface area contributed by atoms with Crippen LogP contribution in [0.5, 0.6) is 17.4 Å². The highest BCUT2D eigenvalue weighted by atomic mass is 32.1. The molecule has 0 saturated heterocycles. The Hall–Kier alpha value is -2.79. The number of ether oxygens (including phenoxy) is 1. The summed E-state index contributed by atoms with van der Waals surface area (Å²) in [5.41, 5.74) is -0.0479. The number of aromatic hydroxyl groups is 1. The van der Waals surface area contributed by atoms with E-state index in [1.165, 1.54) is 23.7 Å². The Kier molecular flexibility index (Phi) is 2.87. The molecule has 0 aliphatic carbocycles. The molecule has 0 amide bonds. The number of rotatable bonds is 2. The molecule has 0 unspecified atom stereocenters. The second kappa shape index (κ2) is 4.89. The van der Waals surface area contributed by atoms with Crippen LogP contribution in [0, 0.1) is 0 Å². The lowest BCUT2D eigenvalue weighted by Crippen LogP contribution is -2.00. The van der Waals surface area contributed by atoms with Gasteiger partial charge in [0.05, 0.1) is 6.26 Å². The second-order valence-corrected chi connectivity index (χ2v) is 5.89. The summed E-state index contributed by atoms with van der Waals surface area (Å²) in [5.74, 6) is 1.13. The first-order chi connectivity index (χ1) is 10.7. The molecule has 0 fully saturated rings. The Balaban J connectivity index is 1.91. The average molecular weight is 310 g/mol. The van der Waals surface area contributed by atoms with Crippen LogP contribution >= 0.6 is 11.3 Å². The molecular weight excluding hydrogens is 300 g/mol. The number of hydrogen-bond acceptors (Lipinski definition) is 5. The van der Waals surface area contributed by atoms with Gasteiger partial charge in [-0.3, -0.25) is 4.79 Å². The van der Waals surface area contributed by atoms with Crippen molar-refractivity contribution in [2.45, 2.75) is 0 Å². The Labute approximate surface area is 128 Å². The molecular formula is C17H10O4S. The zero-order chi connectivity index (χ0) is 15.1. The van der Waals surface area contributed by atoms with E-state index in [2.05, 4.69) is 0 Å². The Morgan fingerprint density at radius 2 is 1.77 bits per heavy atom. The monoisotopic (exact) mass is 310 g/mol. The number of furan rings is 1. The smallest absolute Gasteiger partial charge is 0.289 e. The van der Waals surface area contributed by atoms with Gasteiger partial charge in [-0.15, -0.1) is 11.3 Å². The molecule has 2 aromatic carbocycles.